The lowest BCUT2D eigenvalue weighted by Gasteiger charge is -2.21. The first-order chi connectivity index (χ1) is 7.66. The molecule has 0 aliphatic carbocycles. The highest BCUT2D eigenvalue weighted by molar-refractivity contribution is 6.30. The molecular formula is C10H9ClN4O. The van der Waals surface area contributed by atoms with E-state index in [1.807, 2.05) is 0 Å². The number of benzene rings is 1. The number of halogens is 1. The number of carbonyl (C=O) groups is 1. The summed E-state index contributed by atoms with van der Waals surface area (Å²) in [7, 11) is 0. The average molecular weight is 237 g/mol. The topological polar surface area (TPSA) is 60.7 Å². The van der Waals surface area contributed by atoms with Crippen molar-refractivity contribution >= 4 is 17.9 Å². The van der Waals surface area contributed by atoms with Gasteiger partial charge in [0.1, 0.15) is 0 Å². The third-order valence-corrected chi connectivity index (χ3v) is 2.67. The van der Waals surface area contributed by atoms with Gasteiger partial charge in [0.05, 0.1) is 0 Å². The molecule has 0 saturated carbocycles. The van der Waals surface area contributed by atoms with Gasteiger partial charge in [-0.3, -0.25) is 0 Å². The molecule has 1 heterocycles. The van der Waals surface area contributed by atoms with Gasteiger partial charge in [0.25, 0.3) is 0 Å². The van der Waals surface area contributed by atoms with Crippen molar-refractivity contribution in [3.8, 4) is 0 Å². The van der Waals surface area contributed by atoms with Crippen LogP contribution in [0.15, 0.2) is 30.6 Å². The Bertz CT molecular complexity index is 482. The molecule has 0 aliphatic rings. The zero-order chi connectivity index (χ0) is 11.6. The van der Waals surface area contributed by atoms with Crippen LogP contribution in [-0.2, 0) is 10.3 Å². The second-order valence-electron chi connectivity index (χ2n) is 3.50. The van der Waals surface area contributed by atoms with Crippen LogP contribution in [0.25, 0.3) is 0 Å². The average Bonchev–Trinajstić information content (AvgIpc) is 2.83. The molecule has 0 amide bonds. The van der Waals surface area contributed by atoms with Gasteiger partial charge in [0.2, 0.25) is 0 Å². The van der Waals surface area contributed by atoms with E-state index in [1.165, 1.54) is 11.1 Å². The van der Waals surface area contributed by atoms with E-state index in [0.717, 1.165) is 11.8 Å². The maximum atomic E-state index is 11.2. The number of aldehydes is 1. The summed E-state index contributed by atoms with van der Waals surface area (Å²) < 4.78 is 0. The van der Waals surface area contributed by atoms with Crippen LogP contribution in [0, 0.1) is 0 Å². The molecule has 0 aliphatic heterocycles. The quantitative estimate of drug-likeness (QED) is 0.754. The first-order valence-corrected chi connectivity index (χ1v) is 5.00. The van der Waals surface area contributed by atoms with E-state index >= 15 is 0 Å². The fraction of sp³-hybridized carbons (Fsp3) is 0.200. The molecule has 1 aromatic carbocycles. The van der Waals surface area contributed by atoms with Gasteiger partial charge in [0.15, 0.2) is 18.2 Å². The minimum Gasteiger partial charge on any atom is -0.300 e. The Morgan fingerprint density at radius 3 is 2.56 bits per heavy atom. The number of nitrogens with zero attached hydrogens (tertiary/aromatic N) is 4. The minimum atomic E-state index is -0.957. The molecule has 6 heteroatoms. The molecule has 5 nitrogen and oxygen atoms in total. The van der Waals surface area contributed by atoms with E-state index in [1.54, 1.807) is 31.2 Å². The molecule has 1 unspecified atom stereocenters. The fourth-order valence-corrected chi connectivity index (χ4v) is 1.52. The van der Waals surface area contributed by atoms with Crippen molar-refractivity contribution in [2.75, 3.05) is 0 Å². The Hall–Kier alpha value is -1.75. The molecule has 2 aromatic rings. The van der Waals surface area contributed by atoms with E-state index < -0.39 is 5.54 Å². The van der Waals surface area contributed by atoms with Crippen molar-refractivity contribution in [3.05, 3.63) is 41.2 Å². The molecule has 82 valence electrons. The van der Waals surface area contributed by atoms with E-state index in [9.17, 15) is 4.79 Å². The normalized spacial score (nSPS) is 14.4. The van der Waals surface area contributed by atoms with E-state index in [0.29, 0.717) is 5.02 Å². The Morgan fingerprint density at radius 2 is 2.06 bits per heavy atom. The highest BCUT2D eigenvalue weighted by Gasteiger charge is 2.30. The third-order valence-electron chi connectivity index (χ3n) is 2.42. The van der Waals surface area contributed by atoms with Crippen LogP contribution in [0.2, 0.25) is 5.02 Å². The van der Waals surface area contributed by atoms with Crippen molar-refractivity contribution in [2.24, 2.45) is 0 Å². The highest BCUT2D eigenvalue weighted by atomic mass is 35.5. The Balaban J connectivity index is 2.50. The highest BCUT2D eigenvalue weighted by Crippen LogP contribution is 2.23. The zero-order valence-corrected chi connectivity index (χ0v) is 9.30. The molecule has 16 heavy (non-hydrogen) atoms. The summed E-state index contributed by atoms with van der Waals surface area (Å²) in [5, 5.41) is 11.8. The minimum absolute atomic E-state index is 0.614. The monoisotopic (exact) mass is 236 g/mol. The SMILES string of the molecule is CC(C=O)(c1ccc(Cl)cc1)n1ncnn1. The smallest absolute Gasteiger partial charge is 0.162 e. The zero-order valence-electron chi connectivity index (χ0n) is 8.54. The lowest BCUT2D eigenvalue weighted by molar-refractivity contribution is -0.113. The van der Waals surface area contributed by atoms with Crippen LogP contribution < -0.4 is 0 Å². The van der Waals surface area contributed by atoms with Gasteiger partial charge >= 0.3 is 0 Å². The number of tetrazole rings is 1. The lowest BCUT2D eigenvalue weighted by atomic mass is 9.94. The van der Waals surface area contributed by atoms with Crippen molar-refractivity contribution in [3.63, 3.8) is 0 Å². The lowest BCUT2D eigenvalue weighted by Crippen LogP contribution is -2.35. The van der Waals surface area contributed by atoms with Crippen LogP contribution in [-0.4, -0.2) is 26.5 Å². The van der Waals surface area contributed by atoms with Crippen molar-refractivity contribution in [1.82, 2.24) is 20.2 Å². The van der Waals surface area contributed by atoms with E-state index in [2.05, 4.69) is 15.4 Å². The second kappa shape index (κ2) is 4.02. The summed E-state index contributed by atoms with van der Waals surface area (Å²) >= 11 is 5.79. The Kier molecular flexibility index (Phi) is 2.70. The third kappa shape index (κ3) is 1.69. The molecule has 1 aromatic heterocycles. The molecule has 0 spiro atoms. The van der Waals surface area contributed by atoms with Gasteiger partial charge in [0, 0.05) is 5.02 Å². The maximum absolute atomic E-state index is 11.2. The molecule has 0 fully saturated rings. The van der Waals surface area contributed by atoms with Gasteiger partial charge in [-0.05, 0) is 29.8 Å². The fourth-order valence-electron chi connectivity index (χ4n) is 1.40. The van der Waals surface area contributed by atoms with Gasteiger partial charge < -0.3 is 4.79 Å². The molecule has 0 N–H and O–H groups in total. The number of rotatable bonds is 3. The molecule has 1 atom stereocenters. The van der Waals surface area contributed by atoms with Gasteiger partial charge in [-0.25, -0.2) is 0 Å². The van der Waals surface area contributed by atoms with Crippen molar-refractivity contribution in [2.45, 2.75) is 12.5 Å². The van der Waals surface area contributed by atoms with Crippen molar-refractivity contribution in [1.29, 1.82) is 0 Å². The molecule has 0 radical (unpaired) electrons. The van der Waals surface area contributed by atoms with Crippen LogP contribution >= 0.6 is 11.6 Å². The number of aromatic nitrogens is 4. The summed E-state index contributed by atoms with van der Waals surface area (Å²) in [6.07, 6.45) is 2.07. The Labute approximate surface area is 97.0 Å². The first kappa shape index (κ1) is 10.8. The predicted octanol–water partition coefficient (Wildman–Crippen LogP) is 1.29. The van der Waals surface area contributed by atoms with Crippen LogP contribution in [0.4, 0.5) is 0 Å². The van der Waals surface area contributed by atoms with Crippen LogP contribution in [0.1, 0.15) is 12.5 Å². The van der Waals surface area contributed by atoms with E-state index in [4.69, 9.17) is 11.6 Å². The Morgan fingerprint density at radius 1 is 1.38 bits per heavy atom. The number of hydrogen-bond acceptors (Lipinski definition) is 4. The summed E-state index contributed by atoms with van der Waals surface area (Å²) in [5.41, 5.74) is -0.203. The van der Waals surface area contributed by atoms with Gasteiger partial charge in [-0.1, -0.05) is 23.7 Å². The summed E-state index contributed by atoms with van der Waals surface area (Å²) in [6, 6.07) is 6.96. The molecule has 2 rings (SSSR count). The standard InChI is InChI=1S/C10H9ClN4O/c1-10(6-16,15-13-7-12-14-15)8-2-4-9(11)5-3-8/h2-7H,1H3. The summed E-state index contributed by atoms with van der Waals surface area (Å²) in [6.45, 7) is 1.71. The largest absolute Gasteiger partial charge is 0.300 e. The van der Waals surface area contributed by atoms with Gasteiger partial charge in [-0.2, -0.15) is 0 Å². The van der Waals surface area contributed by atoms with Crippen molar-refractivity contribution < 1.29 is 4.79 Å². The predicted molar refractivity (Wildman–Crippen MR) is 58.1 cm³/mol. The van der Waals surface area contributed by atoms with Crippen LogP contribution in [0.5, 0.6) is 0 Å². The number of carbonyl (C=O) groups excluding carboxylic acids is 1. The van der Waals surface area contributed by atoms with E-state index in [-0.39, 0.29) is 0 Å². The number of hydrogen-bond donors (Lipinski definition) is 0. The summed E-state index contributed by atoms with van der Waals surface area (Å²) in [5.74, 6) is 0. The molecular weight excluding hydrogens is 228 g/mol. The van der Waals surface area contributed by atoms with Gasteiger partial charge in [-0.15, -0.1) is 15.0 Å². The summed E-state index contributed by atoms with van der Waals surface area (Å²) in [4.78, 5) is 12.5. The first-order valence-electron chi connectivity index (χ1n) is 4.62. The second-order valence-corrected chi connectivity index (χ2v) is 3.93. The maximum Gasteiger partial charge on any atom is 0.162 e. The molecule has 0 saturated heterocycles. The van der Waals surface area contributed by atoms with Crippen LogP contribution in [0.3, 0.4) is 0 Å². The molecule has 0 bridgehead atoms.